The number of sulfone groups is 1. The minimum absolute atomic E-state index is 0.400. The van der Waals surface area contributed by atoms with Gasteiger partial charge >= 0.3 is 0 Å². The molecule has 3 rings (SSSR count). The van der Waals surface area contributed by atoms with Crippen molar-refractivity contribution >= 4 is 15.5 Å². The number of hydrogen-bond donors (Lipinski definition) is 0. The maximum Gasteiger partial charge on any atom is 0.177 e. The maximum atomic E-state index is 12.1. The summed E-state index contributed by atoms with van der Waals surface area (Å²) in [6, 6.07) is 9.16. The smallest absolute Gasteiger partial charge is 0.177 e. The van der Waals surface area contributed by atoms with E-state index in [-0.39, 0.29) is 0 Å². The lowest BCUT2D eigenvalue weighted by Crippen LogP contribution is -2.33. The van der Waals surface area contributed by atoms with E-state index < -0.39 is 9.84 Å². The van der Waals surface area contributed by atoms with Gasteiger partial charge < -0.3 is 9.32 Å². The van der Waals surface area contributed by atoms with Crippen LogP contribution in [-0.2, 0) is 9.84 Å². The minimum atomic E-state index is -3.25. The number of anilines is 1. The molecule has 0 aliphatic carbocycles. The van der Waals surface area contributed by atoms with Crippen molar-refractivity contribution in [3.63, 3.8) is 0 Å². The fourth-order valence-electron chi connectivity index (χ4n) is 2.92. The third-order valence-corrected chi connectivity index (χ3v) is 5.43. The first-order chi connectivity index (χ1) is 10.4. The lowest BCUT2D eigenvalue weighted by Gasteiger charge is -2.33. The zero-order chi connectivity index (χ0) is 15.7. The predicted octanol–water partition coefficient (Wildman–Crippen LogP) is 3.59. The van der Waals surface area contributed by atoms with Gasteiger partial charge in [-0.1, -0.05) is 6.92 Å². The third-order valence-electron chi connectivity index (χ3n) is 4.29. The summed E-state index contributed by atoms with van der Waals surface area (Å²) in [5.41, 5.74) is 1.70. The molecule has 0 N–H and O–H groups in total. The van der Waals surface area contributed by atoms with Crippen molar-refractivity contribution in [1.82, 2.24) is 0 Å². The summed E-state index contributed by atoms with van der Waals surface area (Å²) in [6.45, 7) is 4.03. The molecule has 0 atom stereocenters. The summed E-state index contributed by atoms with van der Waals surface area (Å²) < 4.78 is 29.7. The highest BCUT2D eigenvalue weighted by Gasteiger charge is 2.23. The Morgan fingerprint density at radius 1 is 1.18 bits per heavy atom. The minimum Gasteiger partial charge on any atom is -0.464 e. The zero-order valence-corrected chi connectivity index (χ0v) is 13.8. The van der Waals surface area contributed by atoms with E-state index in [2.05, 4.69) is 11.8 Å². The first kappa shape index (κ1) is 15.2. The lowest BCUT2D eigenvalue weighted by atomic mass is 9.98. The number of nitrogens with zero attached hydrogens (tertiary/aromatic N) is 1. The molecule has 1 aromatic carbocycles. The van der Waals surface area contributed by atoms with E-state index in [1.807, 2.05) is 24.3 Å². The van der Waals surface area contributed by atoms with Crippen LogP contribution in [0, 0.1) is 5.92 Å². The van der Waals surface area contributed by atoms with Crippen molar-refractivity contribution in [2.75, 3.05) is 24.2 Å². The van der Waals surface area contributed by atoms with Crippen molar-refractivity contribution in [2.24, 2.45) is 5.92 Å². The zero-order valence-electron chi connectivity index (χ0n) is 13.0. The molecule has 4 nitrogen and oxygen atoms in total. The predicted molar refractivity (Wildman–Crippen MR) is 87.9 cm³/mol. The van der Waals surface area contributed by atoms with Gasteiger partial charge in [0, 0.05) is 24.9 Å². The van der Waals surface area contributed by atoms with Crippen molar-refractivity contribution in [2.45, 2.75) is 24.7 Å². The average Bonchev–Trinajstić information content (AvgIpc) is 3.01. The van der Waals surface area contributed by atoms with E-state index in [0.717, 1.165) is 42.9 Å². The molecule has 22 heavy (non-hydrogen) atoms. The molecular weight excluding hydrogens is 298 g/mol. The normalized spacial score (nSPS) is 16.9. The summed E-state index contributed by atoms with van der Waals surface area (Å²) in [6.07, 6.45) is 5.08. The van der Waals surface area contributed by atoms with Crippen LogP contribution >= 0.6 is 0 Å². The first-order valence-corrected chi connectivity index (χ1v) is 9.47. The number of benzene rings is 1. The monoisotopic (exact) mass is 319 g/mol. The highest BCUT2D eigenvalue weighted by Crippen LogP contribution is 2.33. The molecule has 1 aromatic heterocycles. The maximum absolute atomic E-state index is 12.1. The molecule has 0 saturated carbocycles. The molecular formula is C17H21NO3S. The van der Waals surface area contributed by atoms with Gasteiger partial charge in [-0.2, -0.15) is 0 Å². The van der Waals surface area contributed by atoms with Crippen LogP contribution in [0.4, 0.5) is 5.69 Å². The van der Waals surface area contributed by atoms with Gasteiger partial charge in [0.1, 0.15) is 5.76 Å². The number of rotatable bonds is 3. The first-order valence-electron chi connectivity index (χ1n) is 7.58. The highest BCUT2D eigenvalue weighted by molar-refractivity contribution is 7.90. The van der Waals surface area contributed by atoms with Crippen molar-refractivity contribution < 1.29 is 12.8 Å². The van der Waals surface area contributed by atoms with Crippen molar-refractivity contribution in [1.29, 1.82) is 0 Å². The van der Waals surface area contributed by atoms with Crippen LogP contribution in [0.2, 0.25) is 0 Å². The van der Waals surface area contributed by atoms with E-state index in [1.54, 1.807) is 12.3 Å². The lowest BCUT2D eigenvalue weighted by molar-refractivity contribution is 0.437. The number of hydrogen-bond acceptors (Lipinski definition) is 4. The summed E-state index contributed by atoms with van der Waals surface area (Å²) in [5.74, 6) is 1.46. The molecule has 5 heteroatoms. The molecule has 0 amide bonds. The summed E-state index contributed by atoms with van der Waals surface area (Å²) >= 11 is 0. The van der Waals surface area contributed by atoms with Crippen LogP contribution in [0.5, 0.6) is 0 Å². The van der Waals surface area contributed by atoms with E-state index in [0.29, 0.717) is 10.8 Å². The van der Waals surface area contributed by atoms with Crippen LogP contribution in [0.25, 0.3) is 11.3 Å². The van der Waals surface area contributed by atoms with Crippen molar-refractivity contribution in [3.8, 4) is 11.3 Å². The highest BCUT2D eigenvalue weighted by atomic mass is 32.2. The van der Waals surface area contributed by atoms with Crippen LogP contribution in [0.3, 0.4) is 0 Å². The largest absolute Gasteiger partial charge is 0.464 e. The topological polar surface area (TPSA) is 50.5 Å². The van der Waals surface area contributed by atoms with Gasteiger partial charge in [-0.3, -0.25) is 0 Å². The average molecular weight is 319 g/mol. The Balaban J connectivity index is 2.05. The third kappa shape index (κ3) is 3.04. The second kappa shape index (κ2) is 5.80. The molecule has 2 heterocycles. The number of piperidine rings is 1. The van der Waals surface area contributed by atoms with Gasteiger partial charge in [-0.25, -0.2) is 8.42 Å². The summed E-state index contributed by atoms with van der Waals surface area (Å²) in [7, 11) is -3.25. The Kier molecular flexibility index (Phi) is 4.00. The fraction of sp³-hybridized carbons (Fsp3) is 0.412. The molecule has 0 radical (unpaired) electrons. The molecule has 1 aliphatic rings. The van der Waals surface area contributed by atoms with E-state index in [1.165, 1.54) is 6.26 Å². The van der Waals surface area contributed by atoms with Gasteiger partial charge in [0.2, 0.25) is 0 Å². The van der Waals surface area contributed by atoms with Gasteiger partial charge in [0.15, 0.2) is 9.84 Å². The number of furan rings is 1. The molecule has 1 saturated heterocycles. The van der Waals surface area contributed by atoms with E-state index >= 15 is 0 Å². The van der Waals surface area contributed by atoms with Crippen LogP contribution in [0.1, 0.15) is 19.8 Å². The Labute approximate surface area is 131 Å². The molecule has 1 fully saturated rings. The molecule has 0 bridgehead atoms. The van der Waals surface area contributed by atoms with Gasteiger partial charge in [-0.15, -0.1) is 0 Å². The summed E-state index contributed by atoms with van der Waals surface area (Å²) in [4.78, 5) is 2.58. The van der Waals surface area contributed by atoms with Gasteiger partial charge in [-0.05, 0) is 49.1 Å². The van der Waals surface area contributed by atoms with Gasteiger partial charge in [0.25, 0.3) is 0 Å². The molecule has 1 aliphatic heterocycles. The Hall–Kier alpha value is -1.75. The van der Waals surface area contributed by atoms with Crippen LogP contribution in [-0.4, -0.2) is 27.8 Å². The van der Waals surface area contributed by atoms with Gasteiger partial charge in [0.05, 0.1) is 16.8 Å². The standard InChI is InChI=1S/C17H21NO3S/c1-13-7-9-18(10-8-13)15-12-14(16-4-3-11-21-16)5-6-17(15)22(2,19)20/h3-6,11-13H,7-10H2,1-2H3. The Morgan fingerprint density at radius 2 is 1.91 bits per heavy atom. The molecule has 2 aromatic rings. The summed E-state index contributed by atoms with van der Waals surface area (Å²) in [5, 5.41) is 0. The van der Waals surface area contributed by atoms with Crippen LogP contribution in [0.15, 0.2) is 45.9 Å². The molecule has 0 unspecified atom stereocenters. The van der Waals surface area contributed by atoms with E-state index in [9.17, 15) is 8.42 Å². The van der Waals surface area contributed by atoms with E-state index in [4.69, 9.17) is 4.42 Å². The van der Waals surface area contributed by atoms with Crippen molar-refractivity contribution in [3.05, 3.63) is 36.6 Å². The second-order valence-corrected chi connectivity index (χ2v) is 8.09. The molecule has 0 spiro atoms. The fourth-order valence-corrected chi connectivity index (χ4v) is 3.81. The Morgan fingerprint density at radius 3 is 2.50 bits per heavy atom. The second-order valence-electron chi connectivity index (χ2n) is 6.10. The van der Waals surface area contributed by atoms with Crippen LogP contribution < -0.4 is 4.90 Å². The SMILES string of the molecule is CC1CCN(c2cc(-c3ccco3)ccc2S(C)(=O)=O)CC1. The quantitative estimate of drug-likeness (QED) is 0.867. The Bertz CT molecular complexity index is 742. The molecule has 118 valence electrons.